The zero-order valence-corrected chi connectivity index (χ0v) is 12.8. The summed E-state index contributed by atoms with van der Waals surface area (Å²) in [6.45, 7) is 0. The maximum absolute atomic E-state index is 12.8. The van der Waals surface area contributed by atoms with Crippen molar-refractivity contribution in [1.29, 1.82) is 5.26 Å². The topological polar surface area (TPSA) is 95.2 Å². The minimum Gasteiger partial charge on any atom is -0.480 e. The van der Waals surface area contributed by atoms with E-state index in [-0.39, 0.29) is 4.90 Å². The molecule has 23 heavy (non-hydrogen) atoms. The standard InChI is InChI=1S/C17H13NO4S/c18-11-17(16(19)20)14(12-7-3-1-4-8-12)15(17)23(21,22)13-9-5-2-6-10-13/h1-10,14-15H,(H,19,20)/t14-,15+,17-/m1/s1. The molecule has 3 atom stereocenters. The van der Waals surface area contributed by atoms with E-state index in [9.17, 15) is 23.6 Å². The number of benzene rings is 2. The van der Waals surface area contributed by atoms with Gasteiger partial charge < -0.3 is 5.11 Å². The third kappa shape index (κ3) is 2.13. The van der Waals surface area contributed by atoms with E-state index in [2.05, 4.69) is 0 Å². The van der Waals surface area contributed by atoms with E-state index >= 15 is 0 Å². The second-order valence-corrected chi connectivity index (χ2v) is 7.52. The van der Waals surface area contributed by atoms with Gasteiger partial charge in [0.25, 0.3) is 0 Å². The van der Waals surface area contributed by atoms with Crippen LogP contribution in [0.5, 0.6) is 0 Å². The molecule has 5 nitrogen and oxygen atoms in total. The number of sulfone groups is 1. The predicted octanol–water partition coefficient (Wildman–Crippen LogP) is 2.22. The molecular weight excluding hydrogens is 314 g/mol. The van der Waals surface area contributed by atoms with E-state index in [1.54, 1.807) is 54.6 Å². The first-order valence-corrected chi connectivity index (χ1v) is 8.49. The van der Waals surface area contributed by atoms with Gasteiger partial charge in [-0.25, -0.2) is 8.42 Å². The molecule has 1 aliphatic carbocycles. The van der Waals surface area contributed by atoms with Crippen LogP contribution in [0.15, 0.2) is 65.6 Å². The largest absolute Gasteiger partial charge is 0.480 e. The van der Waals surface area contributed by atoms with Gasteiger partial charge in [0.2, 0.25) is 0 Å². The van der Waals surface area contributed by atoms with Gasteiger partial charge in [-0.05, 0) is 17.7 Å². The average molecular weight is 327 g/mol. The van der Waals surface area contributed by atoms with Gasteiger partial charge in [-0.15, -0.1) is 0 Å². The zero-order valence-electron chi connectivity index (χ0n) is 12.0. The summed E-state index contributed by atoms with van der Waals surface area (Å²) in [5, 5.41) is 17.7. The van der Waals surface area contributed by atoms with Gasteiger partial charge in [0.05, 0.1) is 11.0 Å². The highest BCUT2D eigenvalue weighted by Crippen LogP contribution is 2.63. The molecule has 1 N–H and O–H groups in total. The van der Waals surface area contributed by atoms with Crippen LogP contribution in [0.25, 0.3) is 0 Å². The second-order valence-electron chi connectivity index (χ2n) is 5.45. The highest BCUT2D eigenvalue weighted by atomic mass is 32.2. The Labute approximate surface area is 133 Å². The summed E-state index contributed by atoms with van der Waals surface area (Å²) in [5.41, 5.74) is -1.41. The lowest BCUT2D eigenvalue weighted by Crippen LogP contribution is -2.22. The van der Waals surface area contributed by atoms with Gasteiger partial charge in [0.1, 0.15) is 5.25 Å². The number of nitriles is 1. The first kappa shape index (κ1) is 15.3. The quantitative estimate of drug-likeness (QED) is 0.929. The van der Waals surface area contributed by atoms with E-state index in [4.69, 9.17) is 0 Å². The van der Waals surface area contributed by atoms with Crippen molar-refractivity contribution in [3.63, 3.8) is 0 Å². The summed E-state index contributed by atoms with van der Waals surface area (Å²) in [5.74, 6) is -2.28. The SMILES string of the molecule is N#C[C@@]1(C(=O)O)[C@H](c2ccccc2)[C@@H]1S(=O)(=O)c1ccccc1. The van der Waals surface area contributed by atoms with E-state index in [1.165, 1.54) is 12.1 Å². The molecule has 3 rings (SSSR count). The van der Waals surface area contributed by atoms with Crippen LogP contribution in [0.4, 0.5) is 0 Å². The van der Waals surface area contributed by atoms with Crippen molar-refractivity contribution in [3.8, 4) is 6.07 Å². The number of hydrogen-bond acceptors (Lipinski definition) is 4. The number of carbonyl (C=O) groups is 1. The fourth-order valence-corrected chi connectivity index (χ4v) is 5.34. The summed E-state index contributed by atoms with van der Waals surface area (Å²) >= 11 is 0. The Morgan fingerprint density at radius 1 is 1.04 bits per heavy atom. The molecule has 0 heterocycles. The smallest absolute Gasteiger partial charge is 0.326 e. The molecule has 0 radical (unpaired) electrons. The van der Waals surface area contributed by atoms with Crippen LogP contribution in [0.1, 0.15) is 11.5 Å². The summed E-state index contributed by atoms with van der Waals surface area (Å²) in [6, 6.07) is 17.9. The van der Waals surface area contributed by atoms with E-state index in [0.29, 0.717) is 5.56 Å². The van der Waals surface area contributed by atoms with Crippen LogP contribution in [-0.2, 0) is 14.6 Å². The van der Waals surface area contributed by atoms with E-state index in [0.717, 1.165) is 0 Å². The van der Waals surface area contributed by atoms with Crippen molar-refractivity contribution in [3.05, 3.63) is 66.2 Å². The molecule has 6 heteroatoms. The van der Waals surface area contributed by atoms with Crippen molar-refractivity contribution >= 4 is 15.8 Å². The molecule has 0 aliphatic heterocycles. The summed E-state index contributed by atoms with van der Waals surface area (Å²) in [4.78, 5) is 11.7. The Hall–Kier alpha value is -2.65. The van der Waals surface area contributed by atoms with Gasteiger partial charge in [0, 0.05) is 5.92 Å². The minimum absolute atomic E-state index is 0.0318. The van der Waals surface area contributed by atoms with Crippen LogP contribution in [-0.4, -0.2) is 24.7 Å². The number of hydrogen-bond donors (Lipinski definition) is 1. The van der Waals surface area contributed by atoms with Gasteiger partial charge in [-0.2, -0.15) is 5.26 Å². The zero-order chi connectivity index (χ0) is 16.7. The lowest BCUT2D eigenvalue weighted by Gasteiger charge is -2.04. The van der Waals surface area contributed by atoms with E-state index < -0.39 is 32.4 Å². The number of aliphatic carboxylic acids is 1. The van der Waals surface area contributed by atoms with Gasteiger partial charge >= 0.3 is 5.97 Å². The highest BCUT2D eigenvalue weighted by Gasteiger charge is 2.77. The molecule has 1 fully saturated rings. The second kappa shape index (κ2) is 5.21. The molecule has 0 bridgehead atoms. The Balaban J connectivity index is 2.14. The fraction of sp³-hybridized carbons (Fsp3) is 0.176. The Bertz CT molecular complexity index is 887. The maximum Gasteiger partial charge on any atom is 0.326 e. The number of nitrogens with zero attached hydrogens (tertiary/aromatic N) is 1. The highest BCUT2D eigenvalue weighted by molar-refractivity contribution is 7.92. The van der Waals surface area contributed by atoms with Crippen molar-refractivity contribution in [2.45, 2.75) is 16.1 Å². The van der Waals surface area contributed by atoms with Crippen LogP contribution >= 0.6 is 0 Å². The molecule has 2 aromatic carbocycles. The molecular formula is C17H13NO4S. The van der Waals surface area contributed by atoms with Crippen LogP contribution in [0.3, 0.4) is 0 Å². The number of carboxylic acids is 1. The third-order valence-electron chi connectivity index (χ3n) is 4.24. The Morgan fingerprint density at radius 2 is 1.57 bits per heavy atom. The molecule has 0 spiro atoms. The lowest BCUT2D eigenvalue weighted by molar-refractivity contribution is -0.141. The van der Waals surface area contributed by atoms with Gasteiger partial charge in [-0.1, -0.05) is 48.5 Å². The van der Waals surface area contributed by atoms with Crippen molar-refractivity contribution in [2.24, 2.45) is 5.41 Å². The lowest BCUT2D eigenvalue weighted by atomic mass is 10.0. The first-order valence-electron chi connectivity index (χ1n) is 6.95. The van der Waals surface area contributed by atoms with Crippen molar-refractivity contribution in [2.75, 3.05) is 0 Å². The van der Waals surface area contributed by atoms with Crippen LogP contribution in [0, 0.1) is 16.7 Å². The summed E-state index contributed by atoms with van der Waals surface area (Å²) in [7, 11) is -3.93. The van der Waals surface area contributed by atoms with Crippen LogP contribution < -0.4 is 0 Å². The van der Waals surface area contributed by atoms with Crippen molar-refractivity contribution in [1.82, 2.24) is 0 Å². The number of carboxylic acid groups (broad SMARTS) is 1. The first-order chi connectivity index (χ1) is 11.0. The van der Waals surface area contributed by atoms with Gasteiger partial charge in [0.15, 0.2) is 15.3 Å². The molecule has 0 unspecified atom stereocenters. The minimum atomic E-state index is -3.93. The van der Waals surface area contributed by atoms with E-state index in [1.807, 2.05) is 0 Å². The molecule has 1 saturated carbocycles. The van der Waals surface area contributed by atoms with Crippen LogP contribution in [0.2, 0.25) is 0 Å². The molecule has 0 amide bonds. The average Bonchev–Trinajstić information content (AvgIpc) is 3.28. The molecule has 1 aliphatic rings. The summed E-state index contributed by atoms with van der Waals surface area (Å²) < 4.78 is 25.7. The Morgan fingerprint density at radius 3 is 2.04 bits per heavy atom. The van der Waals surface area contributed by atoms with Crippen molar-refractivity contribution < 1.29 is 18.3 Å². The normalized spacial score (nSPS) is 26.2. The van der Waals surface area contributed by atoms with Gasteiger partial charge in [-0.3, -0.25) is 4.79 Å². The third-order valence-corrected chi connectivity index (χ3v) is 6.48. The monoisotopic (exact) mass is 327 g/mol. The molecule has 116 valence electrons. The number of rotatable bonds is 4. The fourth-order valence-electron chi connectivity index (χ4n) is 3.07. The Kier molecular flexibility index (Phi) is 3.46. The predicted molar refractivity (Wildman–Crippen MR) is 82.3 cm³/mol. The maximum atomic E-state index is 12.8. The summed E-state index contributed by atoms with van der Waals surface area (Å²) in [6.07, 6.45) is 0. The molecule has 0 aromatic heterocycles. The molecule has 2 aromatic rings. The molecule has 0 saturated heterocycles.